The number of carbonyl (C=O) groups is 1. The molecule has 0 saturated carbocycles. The summed E-state index contributed by atoms with van der Waals surface area (Å²) < 4.78 is 42.4. The van der Waals surface area contributed by atoms with Crippen LogP contribution in [0.3, 0.4) is 0 Å². The summed E-state index contributed by atoms with van der Waals surface area (Å²) in [4.78, 5) is 23.1. The van der Waals surface area contributed by atoms with E-state index in [1.165, 1.54) is 41.2 Å². The Morgan fingerprint density at radius 3 is 2.39 bits per heavy atom. The molecule has 3 heterocycles. The lowest BCUT2D eigenvalue weighted by molar-refractivity contribution is 0.175. The first-order valence-electron chi connectivity index (χ1n) is 9.67. The minimum absolute atomic E-state index is 0.204. The maximum atomic E-state index is 15.3. The van der Waals surface area contributed by atoms with Crippen LogP contribution < -0.4 is 10.6 Å². The molecule has 1 saturated heterocycles. The summed E-state index contributed by atoms with van der Waals surface area (Å²) in [6.45, 7) is 3.56. The van der Waals surface area contributed by atoms with E-state index >= 15 is 4.39 Å². The Labute approximate surface area is 181 Å². The molecule has 2 aromatic heterocycles. The van der Waals surface area contributed by atoms with Gasteiger partial charge < -0.3 is 5.73 Å². The van der Waals surface area contributed by atoms with E-state index in [4.69, 9.17) is 5.73 Å². The number of amides is 2. The maximum Gasteiger partial charge on any atom is 0.325 e. The second-order valence-electron chi connectivity index (χ2n) is 7.40. The summed E-state index contributed by atoms with van der Waals surface area (Å²) in [5.74, 6) is -0.866. The van der Waals surface area contributed by atoms with Crippen molar-refractivity contribution in [2.45, 2.75) is 13.5 Å². The van der Waals surface area contributed by atoms with E-state index in [1.807, 2.05) is 4.90 Å². The largest absolute Gasteiger partial charge is 0.351 e. The van der Waals surface area contributed by atoms with Crippen molar-refractivity contribution in [2.24, 2.45) is 5.73 Å². The standard InChI is InChI=1S/C19H26FN7O3S/c1-14-4-5-16(12-23-14)27(19(21)28)18-17(20)15(6-7-22-18)13-25-8-10-26(11-9-25)31(29,30)24(2)3/h4-7,12H,8-11,13H2,1-3H3,(H2,21,28). The van der Waals surface area contributed by atoms with Crippen LogP contribution in [0.5, 0.6) is 0 Å². The molecule has 12 heteroatoms. The highest BCUT2D eigenvalue weighted by atomic mass is 32.2. The molecular formula is C19H26FN7O3S. The molecule has 168 valence electrons. The molecule has 0 unspecified atom stereocenters. The van der Waals surface area contributed by atoms with E-state index in [2.05, 4.69) is 9.97 Å². The summed E-state index contributed by atoms with van der Waals surface area (Å²) in [6, 6.07) is 3.96. The van der Waals surface area contributed by atoms with Gasteiger partial charge in [0.25, 0.3) is 10.2 Å². The molecule has 2 amide bonds. The normalized spacial score (nSPS) is 15.9. The minimum Gasteiger partial charge on any atom is -0.351 e. The van der Waals surface area contributed by atoms with Gasteiger partial charge in [0.05, 0.1) is 11.9 Å². The van der Waals surface area contributed by atoms with Crippen molar-refractivity contribution in [3.05, 3.63) is 47.7 Å². The Hall–Kier alpha value is -2.67. The number of hydrogen-bond acceptors (Lipinski definition) is 6. The molecule has 2 aromatic rings. The highest BCUT2D eigenvalue weighted by molar-refractivity contribution is 7.86. The second kappa shape index (κ2) is 9.22. The molecule has 0 radical (unpaired) electrons. The molecule has 1 aliphatic rings. The molecule has 0 bridgehead atoms. The van der Waals surface area contributed by atoms with Gasteiger partial charge in [0.2, 0.25) is 0 Å². The van der Waals surface area contributed by atoms with Crippen molar-refractivity contribution >= 4 is 27.7 Å². The van der Waals surface area contributed by atoms with Gasteiger partial charge in [-0.3, -0.25) is 9.88 Å². The summed E-state index contributed by atoms with van der Waals surface area (Å²) in [7, 11) is -0.494. The monoisotopic (exact) mass is 451 g/mol. The number of aromatic nitrogens is 2. The lowest BCUT2D eigenvalue weighted by Crippen LogP contribution is -2.51. The van der Waals surface area contributed by atoms with Crippen molar-refractivity contribution in [1.29, 1.82) is 0 Å². The molecule has 0 spiro atoms. The van der Waals surface area contributed by atoms with Crippen LogP contribution in [0.2, 0.25) is 0 Å². The van der Waals surface area contributed by atoms with Crippen LogP contribution in [0.15, 0.2) is 30.6 Å². The van der Waals surface area contributed by atoms with Gasteiger partial charge in [-0.15, -0.1) is 0 Å². The first-order valence-corrected chi connectivity index (χ1v) is 11.1. The summed E-state index contributed by atoms with van der Waals surface area (Å²) in [5, 5.41) is 0. The van der Waals surface area contributed by atoms with Gasteiger partial charge in [-0.2, -0.15) is 17.0 Å². The zero-order valence-electron chi connectivity index (χ0n) is 17.7. The Morgan fingerprint density at radius 1 is 1.16 bits per heavy atom. The van der Waals surface area contributed by atoms with E-state index in [9.17, 15) is 13.2 Å². The smallest absolute Gasteiger partial charge is 0.325 e. The average molecular weight is 452 g/mol. The number of carbonyl (C=O) groups excluding carboxylic acids is 1. The van der Waals surface area contributed by atoms with Crippen molar-refractivity contribution < 1.29 is 17.6 Å². The highest BCUT2D eigenvalue weighted by Gasteiger charge is 2.29. The number of pyridine rings is 2. The zero-order chi connectivity index (χ0) is 22.8. The van der Waals surface area contributed by atoms with E-state index in [0.29, 0.717) is 37.4 Å². The third-order valence-corrected chi connectivity index (χ3v) is 6.99. The predicted octanol–water partition coefficient (Wildman–Crippen LogP) is 1.06. The van der Waals surface area contributed by atoms with E-state index in [0.717, 1.165) is 10.6 Å². The fraction of sp³-hybridized carbons (Fsp3) is 0.421. The van der Waals surface area contributed by atoms with Crippen LogP contribution in [-0.2, 0) is 16.8 Å². The summed E-state index contributed by atoms with van der Waals surface area (Å²) in [5.41, 5.74) is 6.88. The maximum absolute atomic E-state index is 15.3. The highest BCUT2D eigenvalue weighted by Crippen LogP contribution is 2.28. The topological polar surface area (TPSA) is 116 Å². The van der Waals surface area contributed by atoms with Gasteiger partial charge in [-0.05, 0) is 25.1 Å². The number of aryl methyl sites for hydroxylation is 1. The summed E-state index contributed by atoms with van der Waals surface area (Å²) >= 11 is 0. The van der Waals surface area contributed by atoms with Gasteiger partial charge in [-0.1, -0.05) is 0 Å². The fourth-order valence-corrected chi connectivity index (χ4v) is 4.37. The number of primary amides is 1. The number of hydrogen-bond donors (Lipinski definition) is 1. The number of halogens is 1. The van der Waals surface area contributed by atoms with E-state index < -0.39 is 22.1 Å². The van der Waals surface area contributed by atoms with Crippen molar-refractivity contribution in [3.63, 3.8) is 0 Å². The van der Waals surface area contributed by atoms with Gasteiger partial charge in [0.15, 0.2) is 11.6 Å². The lowest BCUT2D eigenvalue weighted by atomic mass is 10.2. The first-order chi connectivity index (χ1) is 14.6. The Bertz CT molecular complexity index is 1040. The molecule has 1 aliphatic heterocycles. The SMILES string of the molecule is Cc1ccc(N(C(N)=O)c2nccc(CN3CCN(S(=O)(=O)N(C)C)CC3)c2F)cn1. The average Bonchev–Trinajstić information content (AvgIpc) is 2.72. The van der Waals surface area contributed by atoms with Crippen LogP contribution in [0.25, 0.3) is 0 Å². The number of anilines is 2. The van der Waals surface area contributed by atoms with Crippen LogP contribution in [0.1, 0.15) is 11.3 Å². The van der Waals surface area contributed by atoms with Crippen molar-refractivity contribution in [2.75, 3.05) is 45.2 Å². The first kappa shape index (κ1) is 23.0. The molecule has 31 heavy (non-hydrogen) atoms. The van der Waals surface area contributed by atoms with E-state index in [1.54, 1.807) is 19.1 Å². The Morgan fingerprint density at radius 2 is 1.84 bits per heavy atom. The molecular weight excluding hydrogens is 425 g/mol. The molecule has 0 aromatic carbocycles. The van der Waals surface area contributed by atoms with E-state index in [-0.39, 0.29) is 12.4 Å². The third-order valence-electron chi connectivity index (χ3n) is 5.05. The van der Waals surface area contributed by atoms with Crippen molar-refractivity contribution in [1.82, 2.24) is 23.5 Å². The molecule has 10 nitrogen and oxygen atoms in total. The van der Waals surface area contributed by atoms with Crippen molar-refractivity contribution in [3.8, 4) is 0 Å². The van der Waals surface area contributed by atoms with Crippen LogP contribution in [0, 0.1) is 12.7 Å². The third kappa shape index (κ3) is 4.98. The van der Waals surface area contributed by atoms with Crippen LogP contribution >= 0.6 is 0 Å². The molecule has 3 rings (SSSR count). The Balaban J connectivity index is 1.78. The quantitative estimate of drug-likeness (QED) is 0.702. The van der Waals surface area contributed by atoms with Gasteiger partial charge in [0.1, 0.15) is 0 Å². The van der Waals surface area contributed by atoms with Crippen LogP contribution in [-0.4, -0.2) is 78.2 Å². The number of piperazine rings is 1. The number of urea groups is 1. The second-order valence-corrected chi connectivity index (χ2v) is 9.55. The molecule has 2 N–H and O–H groups in total. The molecule has 0 aliphatic carbocycles. The predicted molar refractivity (Wildman–Crippen MR) is 114 cm³/mol. The number of nitrogens with two attached hydrogens (primary N) is 1. The number of nitrogens with zero attached hydrogens (tertiary/aromatic N) is 6. The fourth-order valence-electron chi connectivity index (χ4n) is 3.29. The lowest BCUT2D eigenvalue weighted by Gasteiger charge is -2.35. The van der Waals surface area contributed by atoms with Crippen LogP contribution in [0.4, 0.5) is 20.7 Å². The zero-order valence-corrected chi connectivity index (χ0v) is 18.5. The number of rotatable bonds is 6. The Kier molecular flexibility index (Phi) is 6.84. The summed E-state index contributed by atoms with van der Waals surface area (Å²) in [6.07, 6.45) is 2.84. The minimum atomic E-state index is -3.47. The molecule has 0 atom stereocenters. The van der Waals surface area contributed by atoms with Gasteiger partial charge >= 0.3 is 6.03 Å². The van der Waals surface area contributed by atoms with Gasteiger partial charge in [-0.25, -0.2) is 19.1 Å². The molecule has 1 fully saturated rings. The van der Waals surface area contributed by atoms with Gasteiger partial charge in [0, 0.05) is 64.3 Å².